The number of nitrogens with zero attached hydrogens (tertiary/aromatic N) is 2. The highest BCUT2D eigenvalue weighted by molar-refractivity contribution is 7.94. The van der Waals surface area contributed by atoms with Crippen LogP contribution >= 0.6 is 22.9 Å². The van der Waals surface area contributed by atoms with E-state index in [4.69, 9.17) is 11.6 Å². The van der Waals surface area contributed by atoms with Crippen molar-refractivity contribution in [3.63, 3.8) is 0 Å². The average molecular weight is 449 g/mol. The highest BCUT2D eigenvalue weighted by atomic mass is 35.5. The first-order valence-electron chi connectivity index (χ1n) is 8.64. The molecule has 0 amide bonds. The van der Waals surface area contributed by atoms with Gasteiger partial charge in [0.25, 0.3) is 0 Å². The predicted octanol–water partition coefficient (Wildman–Crippen LogP) is 3.66. The molecule has 6 nitrogen and oxygen atoms in total. The molecule has 2 aromatic rings. The first kappa shape index (κ1) is 20.6. The van der Waals surface area contributed by atoms with E-state index in [1.807, 2.05) is 4.90 Å². The fraction of sp³-hybridized carbons (Fsp3) is 0.471. The minimum absolute atomic E-state index is 0.0453. The lowest BCUT2D eigenvalue weighted by molar-refractivity contribution is 0.446. The van der Waals surface area contributed by atoms with Gasteiger partial charge in [-0.05, 0) is 43.0 Å². The van der Waals surface area contributed by atoms with Crippen LogP contribution in [0.25, 0.3) is 0 Å². The SMILES string of the molecule is CCS(=O)(=O)c1nc(S(=O)(=O)c2ccc(Cl)cc2)c(N2CCC[C@H](C)C2)s1. The third-order valence-corrected chi connectivity index (χ3v) is 9.90. The predicted molar refractivity (Wildman–Crippen MR) is 107 cm³/mol. The van der Waals surface area contributed by atoms with Crippen LogP contribution in [0, 0.1) is 5.92 Å². The molecule has 1 fully saturated rings. The summed E-state index contributed by atoms with van der Waals surface area (Å²) in [5, 5.41) is 0.644. The molecule has 0 saturated carbocycles. The van der Waals surface area contributed by atoms with Crippen LogP contribution in [-0.2, 0) is 19.7 Å². The number of piperidine rings is 1. The quantitative estimate of drug-likeness (QED) is 0.693. The van der Waals surface area contributed by atoms with E-state index >= 15 is 0 Å². The van der Waals surface area contributed by atoms with Gasteiger partial charge in [0.1, 0.15) is 5.00 Å². The fourth-order valence-corrected chi connectivity index (χ4v) is 7.30. The molecule has 0 radical (unpaired) electrons. The van der Waals surface area contributed by atoms with Crippen molar-refractivity contribution < 1.29 is 16.8 Å². The molecule has 1 aliphatic rings. The molecule has 1 aromatic heterocycles. The second-order valence-corrected chi connectivity index (χ2v) is 12.4. The highest BCUT2D eigenvalue weighted by Crippen LogP contribution is 2.39. The van der Waals surface area contributed by atoms with Crippen molar-refractivity contribution in [3.05, 3.63) is 29.3 Å². The van der Waals surface area contributed by atoms with E-state index in [0.29, 0.717) is 29.0 Å². The molecular formula is C17H21ClN2O4S3. The minimum atomic E-state index is -3.97. The summed E-state index contributed by atoms with van der Waals surface area (Å²) in [6, 6.07) is 5.81. The number of halogens is 1. The Morgan fingerprint density at radius 1 is 1.22 bits per heavy atom. The zero-order valence-corrected chi connectivity index (χ0v) is 18.3. The van der Waals surface area contributed by atoms with E-state index in [9.17, 15) is 16.8 Å². The lowest BCUT2D eigenvalue weighted by Crippen LogP contribution is -2.34. The Hall–Kier alpha value is -1.16. The summed E-state index contributed by atoms with van der Waals surface area (Å²) in [4.78, 5) is 6.08. The largest absolute Gasteiger partial charge is 0.361 e. The van der Waals surface area contributed by atoms with Gasteiger partial charge >= 0.3 is 0 Å². The lowest BCUT2D eigenvalue weighted by atomic mass is 10.0. The van der Waals surface area contributed by atoms with Crippen molar-refractivity contribution in [3.8, 4) is 0 Å². The molecule has 0 unspecified atom stereocenters. The van der Waals surface area contributed by atoms with E-state index in [1.165, 1.54) is 31.2 Å². The first-order chi connectivity index (χ1) is 12.6. The lowest BCUT2D eigenvalue weighted by Gasteiger charge is -2.31. The van der Waals surface area contributed by atoms with E-state index in [1.54, 1.807) is 0 Å². The fourth-order valence-electron chi connectivity index (χ4n) is 3.01. The van der Waals surface area contributed by atoms with Gasteiger partial charge in [-0.2, -0.15) is 0 Å². The van der Waals surface area contributed by atoms with Gasteiger partial charge in [-0.15, -0.1) is 0 Å². The van der Waals surface area contributed by atoms with Gasteiger partial charge in [0, 0.05) is 18.1 Å². The number of rotatable bonds is 5. The number of sulfone groups is 2. The van der Waals surface area contributed by atoms with Crippen molar-refractivity contribution in [2.24, 2.45) is 5.92 Å². The zero-order valence-electron chi connectivity index (χ0n) is 15.1. The summed E-state index contributed by atoms with van der Waals surface area (Å²) >= 11 is 6.81. The number of thiazole rings is 1. The standard InChI is InChI=1S/C17H21ClN2O4S3/c1-3-26(21,22)17-19-15(16(25-17)20-10-4-5-12(2)11-20)27(23,24)14-8-6-13(18)7-9-14/h6-9,12H,3-5,10-11H2,1-2H3/t12-/m0/s1. The van der Waals surface area contributed by atoms with E-state index in [-0.39, 0.29) is 20.0 Å². The summed E-state index contributed by atoms with van der Waals surface area (Å²) in [5.41, 5.74) is 0. The van der Waals surface area contributed by atoms with Crippen molar-refractivity contribution >= 4 is 47.6 Å². The minimum Gasteiger partial charge on any atom is -0.361 e. The molecule has 148 valence electrons. The van der Waals surface area contributed by atoms with Gasteiger partial charge in [-0.1, -0.05) is 36.8 Å². The van der Waals surface area contributed by atoms with Gasteiger partial charge in [-0.3, -0.25) is 0 Å². The van der Waals surface area contributed by atoms with E-state index < -0.39 is 19.7 Å². The number of aromatic nitrogens is 1. The van der Waals surface area contributed by atoms with Crippen LogP contribution < -0.4 is 4.90 Å². The molecule has 3 rings (SSSR count). The van der Waals surface area contributed by atoms with Gasteiger partial charge in [0.15, 0.2) is 5.03 Å². The molecule has 0 bridgehead atoms. The summed E-state index contributed by atoms with van der Waals surface area (Å²) in [6.07, 6.45) is 1.99. The normalized spacial score (nSPS) is 18.6. The maximum absolute atomic E-state index is 13.2. The Morgan fingerprint density at radius 2 is 1.89 bits per heavy atom. The van der Waals surface area contributed by atoms with Crippen molar-refractivity contribution in [1.82, 2.24) is 4.98 Å². The Labute approximate surface area is 169 Å². The van der Waals surface area contributed by atoms with Crippen LogP contribution in [0.15, 0.2) is 38.5 Å². The summed E-state index contributed by atoms with van der Waals surface area (Å²) < 4.78 is 50.9. The van der Waals surface area contributed by atoms with Gasteiger partial charge in [0.05, 0.1) is 10.6 Å². The number of anilines is 1. The third-order valence-electron chi connectivity index (χ3n) is 4.53. The average Bonchev–Trinajstić information content (AvgIpc) is 3.09. The molecule has 10 heteroatoms. The van der Waals surface area contributed by atoms with Crippen LogP contribution in [0.1, 0.15) is 26.7 Å². The Bertz CT molecular complexity index is 1030. The van der Waals surface area contributed by atoms with Crippen molar-refractivity contribution in [2.45, 2.75) is 41.0 Å². The molecule has 1 saturated heterocycles. The molecule has 1 aromatic carbocycles. The van der Waals surface area contributed by atoms with Crippen molar-refractivity contribution in [1.29, 1.82) is 0 Å². The molecular weight excluding hydrogens is 428 g/mol. The van der Waals surface area contributed by atoms with Gasteiger partial charge in [-0.25, -0.2) is 21.8 Å². The Morgan fingerprint density at radius 3 is 2.48 bits per heavy atom. The van der Waals surface area contributed by atoms with Crippen LogP contribution in [0.5, 0.6) is 0 Å². The topological polar surface area (TPSA) is 84.4 Å². The second kappa shape index (κ2) is 7.69. The van der Waals surface area contributed by atoms with Crippen LogP contribution in [0.4, 0.5) is 5.00 Å². The van der Waals surface area contributed by atoms with Crippen LogP contribution in [0.2, 0.25) is 5.02 Å². The summed E-state index contributed by atoms with van der Waals surface area (Å²) in [5.74, 6) is 0.273. The summed E-state index contributed by atoms with van der Waals surface area (Å²) in [6.45, 7) is 4.98. The highest BCUT2D eigenvalue weighted by Gasteiger charge is 2.33. The monoisotopic (exact) mass is 448 g/mol. The third kappa shape index (κ3) is 4.16. The molecule has 0 aliphatic carbocycles. The maximum atomic E-state index is 13.2. The van der Waals surface area contributed by atoms with E-state index in [0.717, 1.165) is 24.2 Å². The van der Waals surface area contributed by atoms with Crippen LogP contribution in [-0.4, -0.2) is 40.7 Å². The maximum Gasteiger partial charge on any atom is 0.226 e. The molecule has 0 spiro atoms. The smallest absolute Gasteiger partial charge is 0.226 e. The Kier molecular flexibility index (Phi) is 5.86. The number of hydrogen-bond acceptors (Lipinski definition) is 7. The second-order valence-electron chi connectivity index (χ2n) is 6.64. The zero-order chi connectivity index (χ0) is 19.8. The number of hydrogen-bond donors (Lipinski definition) is 0. The molecule has 1 atom stereocenters. The van der Waals surface area contributed by atoms with Crippen molar-refractivity contribution in [2.75, 3.05) is 23.7 Å². The molecule has 2 heterocycles. The molecule has 1 aliphatic heterocycles. The Balaban J connectivity index is 2.16. The summed E-state index contributed by atoms with van der Waals surface area (Å²) in [7, 11) is -7.57. The van der Waals surface area contributed by atoms with Gasteiger partial charge < -0.3 is 4.90 Å². The van der Waals surface area contributed by atoms with E-state index in [2.05, 4.69) is 11.9 Å². The van der Waals surface area contributed by atoms with Crippen LogP contribution in [0.3, 0.4) is 0 Å². The molecule has 27 heavy (non-hydrogen) atoms. The molecule has 0 N–H and O–H groups in total. The first-order valence-corrected chi connectivity index (χ1v) is 13.0. The van der Waals surface area contributed by atoms with Gasteiger partial charge in [0.2, 0.25) is 24.0 Å². The number of benzene rings is 1.